The largest absolute Gasteiger partial charge is 0.389 e. The lowest BCUT2D eigenvalue weighted by atomic mass is 10.1. The number of thiocarbonyl (C=S) groups is 1. The summed E-state index contributed by atoms with van der Waals surface area (Å²) in [7, 11) is -3.70. The summed E-state index contributed by atoms with van der Waals surface area (Å²) in [6.45, 7) is 1.70. The normalized spacial score (nSPS) is 11.2. The number of H-pyrrole nitrogens is 1. The lowest BCUT2D eigenvalue weighted by Gasteiger charge is -2.10. The first-order chi connectivity index (χ1) is 8.90. The van der Waals surface area contributed by atoms with E-state index in [9.17, 15) is 8.42 Å². The van der Waals surface area contributed by atoms with E-state index in [1.54, 1.807) is 19.1 Å². The Kier molecular flexibility index (Phi) is 3.54. The molecule has 0 atom stereocenters. The van der Waals surface area contributed by atoms with Crippen LogP contribution in [0.25, 0.3) is 0 Å². The summed E-state index contributed by atoms with van der Waals surface area (Å²) in [4.78, 5) is 0.291. The van der Waals surface area contributed by atoms with Crippen LogP contribution in [0.15, 0.2) is 35.5 Å². The predicted molar refractivity (Wildman–Crippen MR) is 76.5 cm³/mol. The maximum atomic E-state index is 12.3. The lowest BCUT2D eigenvalue weighted by molar-refractivity contribution is 0.600. The molecule has 0 bridgehead atoms. The Balaban J connectivity index is 2.45. The number of nitrogens with two attached hydrogens (primary N) is 1. The first-order valence-corrected chi connectivity index (χ1v) is 7.21. The summed E-state index contributed by atoms with van der Waals surface area (Å²) in [5.41, 5.74) is 6.99. The van der Waals surface area contributed by atoms with Crippen molar-refractivity contribution < 1.29 is 8.42 Å². The Morgan fingerprint density at radius 3 is 2.79 bits per heavy atom. The molecule has 8 heteroatoms. The van der Waals surface area contributed by atoms with Crippen molar-refractivity contribution >= 4 is 32.9 Å². The first-order valence-electron chi connectivity index (χ1n) is 5.32. The number of sulfonamides is 1. The Morgan fingerprint density at radius 2 is 2.21 bits per heavy atom. The molecule has 4 N–H and O–H groups in total. The molecule has 0 amide bonds. The number of rotatable bonds is 4. The zero-order chi connectivity index (χ0) is 14.0. The number of aryl methyl sites for hydroxylation is 1. The van der Waals surface area contributed by atoms with Crippen molar-refractivity contribution in [2.45, 2.75) is 11.8 Å². The van der Waals surface area contributed by atoms with Crippen molar-refractivity contribution in [3.63, 3.8) is 0 Å². The van der Waals surface area contributed by atoms with Crippen molar-refractivity contribution in [2.24, 2.45) is 5.73 Å². The number of benzene rings is 1. The van der Waals surface area contributed by atoms with Gasteiger partial charge in [-0.2, -0.15) is 5.10 Å². The van der Waals surface area contributed by atoms with Crippen LogP contribution in [0.5, 0.6) is 0 Å². The van der Waals surface area contributed by atoms with Gasteiger partial charge in [0.05, 0.1) is 16.8 Å². The van der Waals surface area contributed by atoms with Crippen LogP contribution in [-0.4, -0.2) is 23.6 Å². The van der Waals surface area contributed by atoms with E-state index < -0.39 is 10.0 Å². The molecule has 1 heterocycles. The van der Waals surface area contributed by atoms with Crippen molar-refractivity contribution in [2.75, 3.05) is 4.72 Å². The van der Waals surface area contributed by atoms with Crippen LogP contribution in [0.1, 0.15) is 11.1 Å². The highest BCUT2D eigenvalue weighted by atomic mass is 32.2. The van der Waals surface area contributed by atoms with Crippen LogP contribution < -0.4 is 10.5 Å². The minimum Gasteiger partial charge on any atom is -0.389 e. The maximum Gasteiger partial charge on any atom is 0.262 e. The molecule has 1 aromatic heterocycles. The zero-order valence-corrected chi connectivity index (χ0v) is 11.7. The number of hydrogen-bond acceptors (Lipinski definition) is 4. The highest BCUT2D eigenvalue weighted by Gasteiger charge is 2.18. The molecule has 2 rings (SSSR count). The van der Waals surface area contributed by atoms with Crippen molar-refractivity contribution in [3.05, 3.63) is 41.7 Å². The van der Waals surface area contributed by atoms with Gasteiger partial charge in [0.2, 0.25) is 0 Å². The van der Waals surface area contributed by atoms with E-state index >= 15 is 0 Å². The van der Waals surface area contributed by atoms with Gasteiger partial charge < -0.3 is 5.73 Å². The van der Waals surface area contributed by atoms with Gasteiger partial charge in [-0.15, -0.1) is 0 Å². The van der Waals surface area contributed by atoms with Crippen LogP contribution in [-0.2, 0) is 10.0 Å². The fourth-order valence-corrected chi connectivity index (χ4v) is 2.99. The number of nitrogens with one attached hydrogen (secondary N) is 2. The molecule has 0 aliphatic rings. The van der Waals surface area contributed by atoms with E-state index in [0.29, 0.717) is 16.8 Å². The van der Waals surface area contributed by atoms with Crippen LogP contribution in [0.2, 0.25) is 0 Å². The third-order valence-corrected chi connectivity index (χ3v) is 4.27. The molecular weight excluding hydrogens is 284 g/mol. The van der Waals surface area contributed by atoms with E-state index in [0.717, 1.165) is 0 Å². The minimum atomic E-state index is -3.70. The molecule has 6 nitrogen and oxygen atoms in total. The highest BCUT2D eigenvalue weighted by molar-refractivity contribution is 7.92. The molecule has 0 saturated heterocycles. The Hall–Kier alpha value is -1.93. The number of aromatic amines is 1. The van der Waals surface area contributed by atoms with Crippen LogP contribution in [0.3, 0.4) is 0 Å². The summed E-state index contributed by atoms with van der Waals surface area (Å²) in [5.74, 6) is 0. The standard InChI is InChI=1S/C11H12N4O2S2/c1-7-2-3-8(11(12)18)4-10(7)19(16,17)15-9-5-13-14-6-9/h2-6,15H,1H3,(H2,12,18)(H,13,14). The van der Waals surface area contributed by atoms with Gasteiger partial charge in [-0.05, 0) is 18.6 Å². The lowest BCUT2D eigenvalue weighted by Crippen LogP contribution is -2.16. The number of anilines is 1. The molecule has 0 unspecified atom stereocenters. The van der Waals surface area contributed by atoms with Gasteiger partial charge in [-0.1, -0.05) is 24.4 Å². The Morgan fingerprint density at radius 1 is 1.47 bits per heavy atom. The van der Waals surface area contributed by atoms with E-state index in [-0.39, 0.29) is 9.88 Å². The number of hydrogen-bond donors (Lipinski definition) is 3. The van der Waals surface area contributed by atoms with Gasteiger partial charge >= 0.3 is 0 Å². The van der Waals surface area contributed by atoms with Gasteiger partial charge in [0.15, 0.2) is 0 Å². The van der Waals surface area contributed by atoms with E-state index in [4.69, 9.17) is 18.0 Å². The second kappa shape index (κ2) is 4.98. The SMILES string of the molecule is Cc1ccc(C(N)=S)cc1S(=O)(=O)Nc1cn[nH]c1. The Labute approximate surface area is 116 Å². The maximum absolute atomic E-state index is 12.3. The molecule has 0 spiro atoms. The third-order valence-electron chi connectivity index (χ3n) is 2.51. The fourth-order valence-electron chi connectivity index (χ4n) is 1.56. The van der Waals surface area contributed by atoms with Gasteiger partial charge in [-0.3, -0.25) is 9.82 Å². The minimum absolute atomic E-state index is 0.138. The molecule has 0 fully saturated rings. The molecule has 0 aliphatic carbocycles. The summed E-state index contributed by atoms with van der Waals surface area (Å²) in [6, 6.07) is 4.81. The number of aromatic nitrogens is 2. The average Bonchev–Trinajstić information content (AvgIpc) is 2.81. The zero-order valence-electron chi connectivity index (χ0n) is 10.0. The van der Waals surface area contributed by atoms with E-state index in [2.05, 4.69) is 14.9 Å². The summed E-state index contributed by atoms with van der Waals surface area (Å²) >= 11 is 4.85. The van der Waals surface area contributed by atoms with Crippen molar-refractivity contribution in [1.29, 1.82) is 0 Å². The second-order valence-electron chi connectivity index (χ2n) is 3.94. The third kappa shape index (κ3) is 2.91. The van der Waals surface area contributed by atoms with Crippen LogP contribution in [0.4, 0.5) is 5.69 Å². The molecule has 1 aromatic carbocycles. The predicted octanol–water partition coefficient (Wildman–Crippen LogP) is 1.15. The van der Waals surface area contributed by atoms with Crippen molar-refractivity contribution in [3.8, 4) is 0 Å². The average molecular weight is 296 g/mol. The fraction of sp³-hybridized carbons (Fsp3) is 0.0909. The van der Waals surface area contributed by atoms with Gasteiger partial charge in [0, 0.05) is 11.8 Å². The van der Waals surface area contributed by atoms with Gasteiger partial charge in [0.25, 0.3) is 10.0 Å². The topological polar surface area (TPSA) is 101 Å². The molecule has 0 radical (unpaired) electrons. The first kappa shape index (κ1) is 13.5. The molecular formula is C11H12N4O2S2. The number of nitrogens with zero attached hydrogens (tertiary/aromatic N) is 1. The van der Waals surface area contributed by atoms with Crippen LogP contribution in [0, 0.1) is 6.92 Å². The highest BCUT2D eigenvalue weighted by Crippen LogP contribution is 2.20. The quantitative estimate of drug-likeness (QED) is 0.735. The summed E-state index contributed by atoms with van der Waals surface area (Å²) in [5, 5.41) is 6.21. The van der Waals surface area contributed by atoms with Crippen molar-refractivity contribution in [1.82, 2.24) is 10.2 Å². The summed E-state index contributed by atoms with van der Waals surface area (Å²) in [6.07, 6.45) is 2.83. The molecule has 19 heavy (non-hydrogen) atoms. The molecule has 0 saturated carbocycles. The van der Waals surface area contributed by atoms with Crippen LogP contribution >= 0.6 is 12.2 Å². The van der Waals surface area contributed by atoms with Gasteiger partial charge in [0.1, 0.15) is 4.99 Å². The molecule has 100 valence electrons. The monoisotopic (exact) mass is 296 g/mol. The van der Waals surface area contributed by atoms with E-state index in [1.807, 2.05) is 0 Å². The second-order valence-corrected chi connectivity index (χ2v) is 6.03. The smallest absolute Gasteiger partial charge is 0.262 e. The Bertz CT molecular complexity index is 708. The summed E-state index contributed by atoms with van der Waals surface area (Å²) < 4.78 is 26.9. The molecule has 2 aromatic rings. The van der Waals surface area contributed by atoms with Gasteiger partial charge in [-0.25, -0.2) is 8.42 Å². The molecule has 0 aliphatic heterocycles. The van der Waals surface area contributed by atoms with E-state index in [1.165, 1.54) is 18.5 Å².